The second-order valence-corrected chi connectivity index (χ2v) is 5.28. The third-order valence-corrected chi connectivity index (χ3v) is 4.11. The summed E-state index contributed by atoms with van der Waals surface area (Å²) in [6.45, 7) is 4.61. The van der Waals surface area contributed by atoms with Crippen LogP contribution in [0.1, 0.15) is 36.8 Å². The molecule has 0 aromatic heterocycles. The smallest absolute Gasteiger partial charge is 0.146 e. The number of hydrogen-bond acceptors (Lipinski definition) is 2. The van der Waals surface area contributed by atoms with Crippen molar-refractivity contribution in [2.24, 2.45) is 0 Å². The zero-order chi connectivity index (χ0) is 12.5. The van der Waals surface area contributed by atoms with Crippen molar-refractivity contribution in [3.63, 3.8) is 0 Å². The van der Waals surface area contributed by atoms with E-state index in [1.807, 2.05) is 6.92 Å². The molecule has 2 aliphatic rings. The van der Waals surface area contributed by atoms with Gasteiger partial charge in [-0.1, -0.05) is 42.8 Å². The van der Waals surface area contributed by atoms with Gasteiger partial charge in [0.1, 0.15) is 5.78 Å². The van der Waals surface area contributed by atoms with E-state index in [1.54, 1.807) is 5.57 Å². The largest absolute Gasteiger partial charge is 0.298 e. The van der Waals surface area contributed by atoms with Crippen molar-refractivity contribution in [3.8, 4) is 0 Å². The normalized spacial score (nSPS) is 22.3. The molecule has 0 spiro atoms. The van der Waals surface area contributed by atoms with E-state index in [0.29, 0.717) is 24.7 Å². The van der Waals surface area contributed by atoms with Gasteiger partial charge in [0.25, 0.3) is 0 Å². The summed E-state index contributed by atoms with van der Waals surface area (Å²) < 4.78 is 0. The minimum absolute atomic E-state index is 0.355. The van der Waals surface area contributed by atoms with Crippen LogP contribution in [-0.2, 0) is 4.79 Å². The van der Waals surface area contributed by atoms with Gasteiger partial charge in [-0.05, 0) is 17.5 Å². The molecule has 1 atom stereocenters. The summed E-state index contributed by atoms with van der Waals surface area (Å²) in [5.41, 5.74) is 4.37. The molecule has 18 heavy (non-hydrogen) atoms. The third kappa shape index (κ3) is 2.01. The lowest BCUT2D eigenvalue weighted by atomic mass is 9.90. The number of benzene rings is 1. The van der Waals surface area contributed by atoms with E-state index in [-0.39, 0.29) is 0 Å². The van der Waals surface area contributed by atoms with Gasteiger partial charge < -0.3 is 0 Å². The zero-order valence-corrected chi connectivity index (χ0v) is 10.9. The molecule has 1 unspecified atom stereocenters. The predicted molar refractivity (Wildman–Crippen MR) is 73.5 cm³/mol. The fraction of sp³-hybridized carbons (Fsp3) is 0.438. The maximum Gasteiger partial charge on any atom is 0.146 e. The lowest BCUT2D eigenvalue weighted by molar-refractivity contribution is -0.120. The Morgan fingerprint density at radius 3 is 3.06 bits per heavy atom. The van der Waals surface area contributed by atoms with Crippen LogP contribution in [0.3, 0.4) is 0 Å². The molecule has 1 aliphatic heterocycles. The maximum absolute atomic E-state index is 11.6. The van der Waals surface area contributed by atoms with Gasteiger partial charge in [0.05, 0.1) is 6.54 Å². The van der Waals surface area contributed by atoms with E-state index < -0.39 is 0 Å². The van der Waals surface area contributed by atoms with Crippen LogP contribution in [0.25, 0.3) is 6.08 Å². The molecule has 0 radical (unpaired) electrons. The number of carbonyl (C=O) groups excluding carboxylic acids is 1. The zero-order valence-electron chi connectivity index (χ0n) is 10.9. The summed E-state index contributed by atoms with van der Waals surface area (Å²) in [6, 6.07) is 8.65. The number of fused-ring (bicyclic) bond motifs is 3. The molecule has 2 heteroatoms. The van der Waals surface area contributed by atoms with Crippen LogP contribution in [0.15, 0.2) is 29.8 Å². The van der Waals surface area contributed by atoms with Crippen LogP contribution in [0, 0.1) is 0 Å². The molecule has 1 saturated heterocycles. The Kier molecular flexibility index (Phi) is 3.04. The topological polar surface area (TPSA) is 20.3 Å². The second kappa shape index (κ2) is 4.69. The molecule has 3 rings (SSSR count). The number of hydrogen-bond donors (Lipinski definition) is 0. The highest BCUT2D eigenvalue weighted by molar-refractivity contribution is 5.80. The molecule has 0 saturated carbocycles. The van der Waals surface area contributed by atoms with Gasteiger partial charge >= 0.3 is 0 Å². The minimum Gasteiger partial charge on any atom is -0.298 e. The van der Waals surface area contributed by atoms with Gasteiger partial charge in [-0.3, -0.25) is 9.69 Å². The third-order valence-electron chi connectivity index (χ3n) is 4.11. The highest BCUT2D eigenvalue weighted by Gasteiger charge is 2.30. The molecule has 1 aromatic carbocycles. The van der Waals surface area contributed by atoms with Gasteiger partial charge in [-0.2, -0.15) is 0 Å². The SMILES string of the molecule is CCC(=O)CN1CCC2=Cc3ccccc3C2C1. The summed E-state index contributed by atoms with van der Waals surface area (Å²) in [5.74, 6) is 0.883. The molecule has 1 aromatic rings. The molecular formula is C16H19NO. The maximum atomic E-state index is 11.6. The van der Waals surface area contributed by atoms with Crippen LogP contribution in [0.2, 0.25) is 0 Å². The molecule has 0 amide bonds. The van der Waals surface area contributed by atoms with Crippen LogP contribution in [-0.4, -0.2) is 30.3 Å². The average Bonchev–Trinajstić information content (AvgIpc) is 2.77. The molecule has 94 valence electrons. The summed E-state index contributed by atoms with van der Waals surface area (Å²) >= 11 is 0. The molecule has 0 bridgehead atoms. The van der Waals surface area contributed by atoms with Gasteiger partial charge in [-0.15, -0.1) is 0 Å². The first-order valence-electron chi connectivity index (χ1n) is 6.81. The summed E-state index contributed by atoms with van der Waals surface area (Å²) in [4.78, 5) is 13.9. The Morgan fingerprint density at radius 1 is 1.39 bits per heavy atom. The van der Waals surface area contributed by atoms with Crippen LogP contribution in [0.5, 0.6) is 0 Å². The quantitative estimate of drug-likeness (QED) is 0.811. The van der Waals surface area contributed by atoms with E-state index in [2.05, 4.69) is 35.2 Å². The van der Waals surface area contributed by atoms with Gasteiger partial charge in [-0.25, -0.2) is 0 Å². The summed E-state index contributed by atoms with van der Waals surface area (Å²) in [5, 5.41) is 0. The fourth-order valence-corrected chi connectivity index (χ4v) is 3.06. The van der Waals surface area contributed by atoms with Crippen molar-refractivity contribution >= 4 is 11.9 Å². The predicted octanol–water partition coefficient (Wildman–Crippen LogP) is 2.85. The van der Waals surface area contributed by atoms with Crippen molar-refractivity contribution in [2.75, 3.05) is 19.6 Å². The average molecular weight is 241 g/mol. The van der Waals surface area contributed by atoms with E-state index in [9.17, 15) is 4.79 Å². The number of ketones is 1. The van der Waals surface area contributed by atoms with E-state index in [1.165, 1.54) is 11.1 Å². The Hall–Kier alpha value is -1.41. The van der Waals surface area contributed by atoms with Crippen molar-refractivity contribution in [1.82, 2.24) is 4.90 Å². The number of carbonyl (C=O) groups is 1. The molecule has 1 aliphatic carbocycles. The monoisotopic (exact) mass is 241 g/mol. The molecule has 0 N–H and O–H groups in total. The van der Waals surface area contributed by atoms with Gasteiger partial charge in [0.2, 0.25) is 0 Å². The molecule has 2 nitrogen and oxygen atoms in total. The van der Waals surface area contributed by atoms with E-state index >= 15 is 0 Å². The first-order chi connectivity index (χ1) is 8.78. The number of likely N-dealkylation sites (tertiary alicyclic amines) is 1. The Morgan fingerprint density at radius 2 is 2.22 bits per heavy atom. The highest BCUT2D eigenvalue weighted by Crippen LogP contribution is 2.40. The number of piperidine rings is 1. The lowest BCUT2D eigenvalue weighted by Gasteiger charge is -2.32. The van der Waals surface area contributed by atoms with Crippen LogP contribution >= 0.6 is 0 Å². The minimum atomic E-state index is 0.355. The van der Waals surface area contributed by atoms with Crippen LogP contribution in [0.4, 0.5) is 0 Å². The first-order valence-corrected chi connectivity index (χ1v) is 6.81. The van der Waals surface area contributed by atoms with Gasteiger partial charge in [0, 0.05) is 25.4 Å². The molecular weight excluding hydrogens is 222 g/mol. The molecule has 1 fully saturated rings. The summed E-state index contributed by atoms with van der Waals surface area (Å²) in [6.07, 6.45) is 4.11. The standard InChI is InChI=1S/C16H19NO/c1-2-14(18)10-17-8-7-13-9-12-5-3-4-6-15(12)16(13)11-17/h3-6,9,16H,2,7-8,10-11H2,1H3. The van der Waals surface area contributed by atoms with Crippen molar-refractivity contribution in [2.45, 2.75) is 25.7 Å². The van der Waals surface area contributed by atoms with Gasteiger partial charge in [0.15, 0.2) is 0 Å². The van der Waals surface area contributed by atoms with E-state index in [4.69, 9.17) is 0 Å². The Bertz CT molecular complexity index is 504. The fourth-order valence-electron chi connectivity index (χ4n) is 3.06. The lowest BCUT2D eigenvalue weighted by Crippen LogP contribution is -2.38. The number of nitrogens with zero attached hydrogens (tertiary/aromatic N) is 1. The number of rotatable bonds is 3. The number of Topliss-reactive ketones (excluding diaryl/α,β-unsaturated/α-hetero) is 1. The second-order valence-electron chi connectivity index (χ2n) is 5.28. The Labute approximate surface area is 108 Å². The van der Waals surface area contributed by atoms with E-state index in [0.717, 1.165) is 19.5 Å². The highest BCUT2D eigenvalue weighted by atomic mass is 16.1. The van der Waals surface area contributed by atoms with Crippen LogP contribution < -0.4 is 0 Å². The Balaban J connectivity index is 1.77. The molecule has 1 heterocycles. The van der Waals surface area contributed by atoms with Crippen molar-refractivity contribution in [1.29, 1.82) is 0 Å². The summed E-state index contributed by atoms with van der Waals surface area (Å²) in [7, 11) is 0. The first kappa shape index (κ1) is 11.7. The van der Waals surface area contributed by atoms with Crippen molar-refractivity contribution in [3.05, 3.63) is 41.0 Å². The van der Waals surface area contributed by atoms with Crippen molar-refractivity contribution < 1.29 is 4.79 Å².